The molecule has 58 heavy (non-hydrogen) atoms. The van der Waals surface area contributed by atoms with Crippen molar-refractivity contribution in [2.75, 3.05) is 13.2 Å². The fourth-order valence-corrected chi connectivity index (χ4v) is 6.65. The quantitative estimate of drug-likeness (QED) is 0.0264. The summed E-state index contributed by atoms with van der Waals surface area (Å²) in [6.07, 6.45) is 56.3. The number of esters is 3. The van der Waals surface area contributed by atoms with Crippen LogP contribution in [0.25, 0.3) is 0 Å². The van der Waals surface area contributed by atoms with Gasteiger partial charge in [0.15, 0.2) is 6.10 Å². The van der Waals surface area contributed by atoms with Crippen LogP contribution in [0.5, 0.6) is 0 Å². The van der Waals surface area contributed by atoms with Gasteiger partial charge in [0.2, 0.25) is 0 Å². The third kappa shape index (κ3) is 44.2. The third-order valence-electron chi connectivity index (χ3n) is 10.3. The molecule has 0 bridgehead atoms. The SMILES string of the molecule is CC/C=C\C/C=C\C/C=C\C/C=C\C/C=C\CCCC(=O)O[C@@H](COC(=O)CCCCCCCCCCCCC)COC(=O)CCCCCCCCCCCCCC. The molecule has 0 aliphatic rings. The molecule has 1 atom stereocenters. The summed E-state index contributed by atoms with van der Waals surface area (Å²) in [5.41, 5.74) is 0. The summed E-state index contributed by atoms with van der Waals surface area (Å²) in [7, 11) is 0. The van der Waals surface area contributed by atoms with Crippen LogP contribution in [0.15, 0.2) is 60.8 Å². The van der Waals surface area contributed by atoms with Crippen molar-refractivity contribution in [3.63, 3.8) is 0 Å². The molecule has 6 heteroatoms. The number of carbonyl (C=O) groups excluding carboxylic acids is 3. The van der Waals surface area contributed by atoms with Gasteiger partial charge in [0.05, 0.1) is 0 Å². The first-order valence-electron chi connectivity index (χ1n) is 24.3. The lowest BCUT2D eigenvalue weighted by atomic mass is 10.0. The van der Waals surface area contributed by atoms with Crippen LogP contribution in [-0.2, 0) is 28.6 Å². The average molecular weight is 811 g/mol. The van der Waals surface area contributed by atoms with Crippen molar-refractivity contribution in [1.82, 2.24) is 0 Å². The van der Waals surface area contributed by atoms with Crippen molar-refractivity contribution in [2.45, 2.75) is 239 Å². The Labute approximate surface area is 358 Å². The number of carbonyl (C=O) groups is 3. The van der Waals surface area contributed by atoms with E-state index >= 15 is 0 Å². The zero-order valence-electron chi connectivity index (χ0n) is 38.0. The lowest BCUT2D eigenvalue weighted by Crippen LogP contribution is -2.30. The van der Waals surface area contributed by atoms with Crippen LogP contribution in [0.3, 0.4) is 0 Å². The molecule has 0 fully saturated rings. The maximum absolute atomic E-state index is 12.7. The molecule has 0 saturated heterocycles. The zero-order valence-corrected chi connectivity index (χ0v) is 38.0. The van der Waals surface area contributed by atoms with Gasteiger partial charge in [-0.1, -0.05) is 216 Å². The minimum Gasteiger partial charge on any atom is -0.462 e. The van der Waals surface area contributed by atoms with E-state index in [1.807, 2.05) is 0 Å². The standard InChI is InChI=1S/C52H90O6/c1-4-7-10-13-16-19-22-24-25-26-27-28-31-34-37-40-43-46-52(55)58-49(47-56-50(53)44-41-38-35-32-29-21-18-15-12-9-6-3)48-57-51(54)45-42-39-36-33-30-23-20-17-14-11-8-5-2/h7,10,16,19,24-25,27-28,34,37,49H,4-6,8-9,11-15,17-18,20-23,26,29-33,35-36,38-48H2,1-3H3/b10-7-,19-16-,25-24-,28-27-,37-34-/t49-/m0/s1. The Morgan fingerprint density at radius 2 is 0.672 bits per heavy atom. The molecule has 6 nitrogen and oxygen atoms in total. The number of unbranched alkanes of at least 4 members (excludes halogenated alkanes) is 22. The molecule has 0 amide bonds. The fraction of sp³-hybridized carbons (Fsp3) is 0.750. The molecule has 0 radical (unpaired) electrons. The highest BCUT2D eigenvalue weighted by Crippen LogP contribution is 2.15. The van der Waals surface area contributed by atoms with E-state index < -0.39 is 6.10 Å². The van der Waals surface area contributed by atoms with Crippen LogP contribution in [0, 0.1) is 0 Å². The third-order valence-corrected chi connectivity index (χ3v) is 10.3. The molecule has 0 heterocycles. The Kier molecular flexibility index (Phi) is 44.5. The van der Waals surface area contributed by atoms with Crippen LogP contribution in [0.4, 0.5) is 0 Å². The summed E-state index contributed by atoms with van der Waals surface area (Å²) in [5, 5.41) is 0. The van der Waals surface area contributed by atoms with Crippen molar-refractivity contribution in [3.8, 4) is 0 Å². The van der Waals surface area contributed by atoms with Crippen molar-refractivity contribution in [3.05, 3.63) is 60.8 Å². The maximum Gasteiger partial charge on any atom is 0.306 e. The second-order valence-electron chi connectivity index (χ2n) is 16.0. The Morgan fingerprint density at radius 3 is 1.03 bits per heavy atom. The highest BCUT2D eigenvalue weighted by Gasteiger charge is 2.19. The lowest BCUT2D eigenvalue weighted by molar-refractivity contribution is -0.167. The molecule has 0 rings (SSSR count). The van der Waals surface area contributed by atoms with Gasteiger partial charge in [0, 0.05) is 19.3 Å². The summed E-state index contributed by atoms with van der Waals surface area (Å²) in [6, 6.07) is 0. The summed E-state index contributed by atoms with van der Waals surface area (Å²) in [6.45, 7) is 6.46. The van der Waals surface area contributed by atoms with Gasteiger partial charge in [-0.2, -0.15) is 0 Å². The minimum atomic E-state index is -0.798. The highest BCUT2D eigenvalue weighted by molar-refractivity contribution is 5.71. The van der Waals surface area contributed by atoms with Gasteiger partial charge in [-0.25, -0.2) is 0 Å². The molecule has 0 aromatic carbocycles. The molecule has 0 aromatic rings. The zero-order chi connectivity index (χ0) is 42.3. The van der Waals surface area contributed by atoms with Crippen LogP contribution in [0.2, 0.25) is 0 Å². The predicted molar refractivity (Wildman–Crippen MR) is 247 cm³/mol. The molecule has 334 valence electrons. The van der Waals surface area contributed by atoms with Gasteiger partial charge >= 0.3 is 17.9 Å². The molecule has 0 spiro atoms. The summed E-state index contributed by atoms with van der Waals surface area (Å²) >= 11 is 0. The number of rotatable bonds is 43. The topological polar surface area (TPSA) is 78.9 Å². The first-order chi connectivity index (χ1) is 28.5. The van der Waals surface area contributed by atoms with Gasteiger partial charge in [0.1, 0.15) is 13.2 Å². The molecule has 0 saturated carbocycles. The van der Waals surface area contributed by atoms with E-state index in [9.17, 15) is 14.4 Å². The Balaban J connectivity index is 4.47. The Morgan fingerprint density at radius 1 is 0.362 bits per heavy atom. The summed E-state index contributed by atoms with van der Waals surface area (Å²) in [4.78, 5) is 37.8. The van der Waals surface area contributed by atoms with Crippen LogP contribution < -0.4 is 0 Å². The largest absolute Gasteiger partial charge is 0.462 e. The molecule has 0 aliphatic heterocycles. The smallest absolute Gasteiger partial charge is 0.306 e. The highest BCUT2D eigenvalue weighted by atomic mass is 16.6. The van der Waals surface area contributed by atoms with Crippen LogP contribution in [-0.4, -0.2) is 37.2 Å². The molecular formula is C52H90O6. The van der Waals surface area contributed by atoms with Gasteiger partial charge in [-0.15, -0.1) is 0 Å². The van der Waals surface area contributed by atoms with E-state index in [2.05, 4.69) is 81.5 Å². The van der Waals surface area contributed by atoms with E-state index in [-0.39, 0.29) is 37.5 Å². The number of hydrogen-bond donors (Lipinski definition) is 0. The van der Waals surface area contributed by atoms with E-state index in [1.54, 1.807) is 0 Å². The van der Waals surface area contributed by atoms with Crippen molar-refractivity contribution < 1.29 is 28.6 Å². The van der Waals surface area contributed by atoms with E-state index in [1.165, 1.54) is 109 Å². The normalized spacial score (nSPS) is 12.5. The van der Waals surface area contributed by atoms with Crippen LogP contribution in [0.1, 0.15) is 233 Å². The fourth-order valence-electron chi connectivity index (χ4n) is 6.65. The number of hydrogen-bond acceptors (Lipinski definition) is 6. The molecule has 0 unspecified atom stereocenters. The van der Waals surface area contributed by atoms with E-state index in [0.29, 0.717) is 19.3 Å². The van der Waals surface area contributed by atoms with Gasteiger partial charge < -0.3 is 14.2 Å². The van der Waals surface area contributed by atoms with Crippen molar-refractivity contribution >= 4 is 17.9 Å². The van der Waals surface area contributed by atoms with Crippen LogP contribution >= 0.6 is 0 Å². The number of ether oxygens (including phenoxy) is 3. The molecule has 0 N–H and O–H groups in total. The van der Waals surface area contributed by atoms with Crippen molar-refractivity contribution in [1.29, 1.82) is 0 Å². The van der Waals surface area contributed by atoms with Crippen molar-refractivity contribution in [2.24, 2.45) is 0 Å². The Bertz CT molecular complexity index is 1070. The molecular weight excluding hydrogens is 721 g/mol. The molecule has 0 aliphatic carbocycles. The lowest BCUT2D eigenvalue weighted by Gasteiger charge is -2.18. The first kappa shape index (κ1) is 55.1. The summed E-state index contributed by atoms with van der Waals surface area (Å²) in [5.74, 6) is -0.951. The second-order valence-corrected chi connectivity index (χ2v) is 16.0. The van der Waals surface area contributed by atoms with Gasteiger partial charge in [-0.3, -0.25) is 14.4 Å². The maximum atomic E-state index is 12.7. The average Bonchev–Trinajstić information content (AvgIpc) is 3.22. The second kappa shape index (κ2) is 46.8. The monoisotopic (exact) mass is 811 g/mol. The van der Waals surface area contributed by atoms with E-state index in [4.69, 9.17) is 14.2 Å². The number of allylic oxidation sites excluding steroid dienone is 10. The van der Waals surface area contributed by atoms with Gasteiger partial charge in [-0.05, 0) is 57.8 Å². The van der Waals surface area contributed by atoms with E-state index in [0.717, 1.165) is 77.0 Å². The predicted octanol–water partition coefficient (Wildman–Crippen LogP) is 15.7. The van der Waals surface area contributed by atoms with Gasteiger partial charge in [0.25, 0.3) is 0 Å². The minimum absolute atomic E-state index is 0.0939. The summed E-state index contributed by atoms with van der Waals surface area (Å²) < 4.78 is 16.7. The molecule has 0 aromatic heterocycles. The first-order valence-corrected chi connectivity index (χ1v) is 24.3. The Hall–Kier alpha value is -2.89.